The Balaban J connectivity index is 1.76. The molecular formula is C16H21FN2O2. The van der Waals surface area contributed by atoms with E-state index in [4.69, 9.17) is 0 Å². The molecule has 2 amide bonds. The van der Waals surface area contributed by atoms with Crippen molar-refractivity contribution in [3.63, 3.8) is 0 Å². The van der Waals surface area contributed by atoms with Gasteiger partial charge in [-0.25, -0.2) is 4.39 Å². The molecule has 0 aliphatic heterocycles. The molecule has 1 saturated carbocycles. The standard InChI is InChI=1S/C16H21FN2O2/c17-13-9-7-12(8-10-13)11-18-15(20)16(21)19-14-5-3-1-2-4-6-14/h7-10,14H,1-6,11H2,(H,18,20)(H,19,21). The maximum absolute atomic E-state index is 12.8. The van der Waals surface area contributed by atoms with Gasteiger partial charge in [0.25, 0.3) is 0 Å². The highest BCUT2D eigenvalue weighted by Gasteiger charge is 2.19. The van der Waals surface area contributed by atoms with E-state index in [0.717, 1.165) is 31.2 Å². The summed E-state index contributed by atoms with van der Waals surface area (Å²) in [5.41, 5.74) is 0.756. The summed E-state index contributed by atoms with van der Waals surface area (Å²) in [4.78, 5) is 23.6. The first kappa shape index (κ1) is 15.5. The highest BCUT2D eigenvalue weighted by atomic mass is 19.1. The quantitative estimate of drug-likeness (QED) is 0.663. The third-order valence-electron chi connectivity index (χ3n) is 3.76. The van der Waals surface area contributed by atoms with Crippen molar-refractivity contribution in [2.45, 2.75) is 51.1 Å². The van der Waals surface area contributed by atoms with Crippen LogP contribution in [0.25, 0.3) is 0 Å². The average Bonchev–Trinajstić information content (AvgIpc) is 2.75. The van der Waals surface area contributed by atoms with Crippen molar-refractivity contribution in [2.75, 3.05) is 0 Å². The first-order valence-electron chi connectivity index (χ1n) is 7.48. The van der Waals surface area contributed by atoms with Crippen molar-refractivity contribution >= 4 is 11.8 Å². The van der Waals surface area contributed by atoms with Crippen LogP contribution in [0.4, 0.5) is 4.39 Å². The van der Waals surface area contributed by atoms with E-state index < -0.39 is 11.8 Å². The molecule has 1 aromatic carbocycles. The normalized spacial score (nSPS) is 16.0. The number of benzene rings is 1. The van der Waals surface area contributed by atoms with E-state index in [2.05, 4.69) is 10.6 Å². The smallest absolute Gasteiger partial charge is 0.309 e. The Morgan fingerprint density at radius 1 is 1.00 bits per heavy atom. The molecule has 0 bridgehead atoms. The molecule has 114 valence electrons. The molecule has 0 atom stereocenters. The Morgan fingerprint density at radius 2 is 1.62 bits per heavy atom. The number of hydrogen-bond acceptors (Lipinski definition) is 2. The van der Waals surface area contributed by atoms with Gasteiger partial charge in [-0.05, 0) is 30.5 Å². The maximum atomic E-state index is 12.8. The van der Waals surface area contributed by atoms with E-state index in [1.165, 1.54) is 25.0 Å². The van der Waals surface area contributed by atoms with Gasteiger partial charge in [-0.1, -0.05) is 37.8 Å². The number of nitrogens with one attached hydrogen (secondary N) is 2. The number of amides is 2. The van der Waals surface area contributed by atoms with E-state index in [9.17, 15) is 14.0 Å². The minimum absolute atomic E-state index is 0.108. The van der Waals surface area contributed by atoms with Gasteiger partial charge in [0.2, 0.25) is 0 Å². The SMILES string of the molecule is O=C(NCc1ccc(F)cc1)C(=O)NC1CCCCCC1. The van der Waals surface area contributed by atoms with E-state index in [0.29, 0.717) is 0 Å². The lowest BCUT2D eigenvalue weighted by Crippen LogP contribution is -2.44. The minimum Gasteiger partial charge on any atom is -0.345 e. The van der Waals surface area contributed by atoms with Gasteiger partial charge in [-0.15, -0.1) is 0 Å². The predicted octanol–water partition coefficient (Wildman–Crippen LogP) is 2.28. The lowest BCUT2D eigenvalue weighted by molar-refractivity contribution is -0.139. The summed E-state index contributed by atoms with van der Waals surface area (Å²) in [6, 6.07) is 5.93. The number of hydrogen-bond donors (Lipinski definition) is 2. The summed E-state index contributed by atoms with van der Waals surface area (Å²) >= 11 is 0. The Kier molecular flexibility index (Phi) is 5.72. The summed E-state index contributed by atoms with van der Waals surface area (Å²) in [5.74, 6) is -1.54. The van der Waals surface area contributed by atoms with E-state index in [1.54, 1.807) is 12.1 Å². The molecule has 5 heteroatoms. The van der Waals surface area contributed by atoms with Gasteiger partial charge in [0.05, 0.1) is 0 Å². The van der Waals surface area contributed by atoms with Crippen LogP contribution in [0.2, 0.25) is 0 Å². The Morgan fingerprint density at radius 3 is 2.24 bits per heavy atom. The molecule has 0 saturated heterocycles. The molecule has 1 fully saturated rings. The zero-order valence-corrected chi connectivity index (χ0v) is 12.0. The largest absolute Gasteiger partial charge is 0.345 e. The predicted molar refractivity (Wildman–Crippen MR) is 77.9 cm³/mol. The summed E-state index contributed by atoms with van der Waals surface area (Å²) in [5, 5.41) is 5.34. The number of carbonyl (C=O) groups is 2. The van der Waals surface area contributed by atoms with Gasteiger partial charge in [-0.2, -0.15) is 0 Å². The van der Waals surface area contributed by atoms with Crippen molar-refractivity contribution in [3.05, 3.63) is 35.6 Å². The Hall–Kier alpha value is -1.91. The van der Waals surface area contributed by atoms with Gasteiger partial charge in [-0.3, -0.25) is 9.59 Å². The lowest BCUT2D eigenvalue weighted by atomic mass is 10.1. The van der Waals surface area contributed by atoms with Crippen LogP contribution in [-0.4, -0.2) is 17.9 Å². The topological polar surface area (TPSA) is 58.2 Å². The second kappa shape index (κ2) is 7.76. The van der Waals surface area contributed by atoms with Crippen LogP contribution in [0, 0.1) is 5.82 Å². The highest BCUT2D eigenvalue weighted by Crippen LogP contribution is 2.17. The molecule has 0 unspecified atom stereocenters. The van der Waals surface area contributed by atoms with Crippen LogP contribution in [0.3, 0.4) is 0 Å². The van der Waals surface area contributed by atoms with Gasteiger partial charge in [0, 0.05) is 12.6 Å². The molecule has 0 aromatic heterocycles. The third-order valence-corrected chi connectivity index (χ3v) is 3.76. The average molecular weight is 292 g/mol. The molecule has 4 nitrogen and oxygen atoms in total. The Labute approximate surface area is 124 Å². The molecular weight excluding hydrogens is 271 g/mol. The van der Waals surface area contributed by atoms with E-state index in [1.807, 2.05) is 0 Å². The highest BCUT2D eigenvalue weighted by molar-refractivity contribution is 6.35. The summed E-state index contributed by atoms with van der Waals surface area (Å²) in [7, 11) is 0. The van der Waals surface area contributed by atoms with Crippen LogP contribution in [0.15, 0.2) is 24.3 Å². The first-order valence-corrected chi connectivity index (χ1v) is 7.48. The van der Waals surface area contributed by atoms with Crippen molar-refractivity contribution in [1.82, 2.24) is 10.6 Å². The van der Waals surface area contributed by atoms with E-state index in [-0.39, 0.29) is 18.4 Å². The summed E-state index contributed by atoms with van der Waals surface area (Å²) in [6.45, 7) is 0.219. The van der Waals surface area contributed by atoms with Crippen LogP contribution in [0.5, 0.6) is 0 Å². The van der Waals surface area contributed by atoms with Crippen LogP contribution in [-0.2, 0) is 16.1 Å². The molecule has 2 rings (SSSR count). The van der Waals surface area contributed by atoms with Crippen molar-refractivity contribution in [2.24, 2.45) is 0 Å². The van der Waals surface area contributed by atoms with Crippen molar-refractivity contribution in [3.8, 4) is 0 Å². The van der Waals surface area contributed by atoms with Crippen LogP contribution >= 0.6 is 0 Å². The fourth-order valence-electron chi connectivity index (χ4n) is 2.54. The fourth-order valence-corrected chi connectivity index (χ4v) is 2.54. The summed E-state index contributed by atoms with van der Waals surface area (Å²) in [6.07, 6.45) is 6.48. The molecule has 0 spiro atoms. The second-order valence-electron chi connectivity index (χ2n) is 5.47. The monoisotopic (exact) mass is 292 g/mol. The zero-order chi connectivity index (χ0) is 15.1. The molecule has 0 radical (unpaired) electrons. The second-order valence-corrected chi connectivity index (χ2v) is 5.47. The van der Waals surface area contributed by atoms with Crippen LogP contribution < -0.4 is 10.6 Å². The number of carbonyl (C=O) groups excluding carboxylic acids is 2. The molecule has 1 aliphatic rings. The van der Waals surface area contributed by atoms with E-state index >= 15 is 0 Å². The van der Waals surface area contributed by atoms with Gasteiger partial charge < -0.3 is 10.6 Å². The van der Waals surface area contributed by atoms with Gasteiger partial charge in [0.1, 0.15) is 5.82 Å². The van der Waals surface area contributed by atoms with Gasteiger partial charge in [0.15, 0.2) is 0 Å². The maximum Gasteiger partial charge on any atom is 0.309 e. The number of halogens is 1. The first-order chi connectivity index (χ1) is 10.1. The van der Waals surface area contributed by atoms with Gasteiger partial charge >= 0.3 is 11.8 Å². The van der Waals surface area contributed by atoms with Crippen molar-refractivity contribution < 1.29 is 14.0 Å². The molecule has 1 aliphatic carbocycles. The minimum atomic E-state index is -0.636. The van der Waals surface area contributed by atoms with Crippen molar-refractivity contribution in [1.29, 1.82) is 0 Å². The molecule has 21 heavy (non-hydrogen) atoms. The molecule has 2 N–H and O–H groups in total. The molecule has 0 heterocycles. The lowest BCUT2D eigenvalue weighted by Gasteiger charge is -2.15. The molecule has 1 aromatic rings. The number of rotatable bonds is 3. The Bertz CT molecular complexity index is 480. The van der Waals surface area contributed by atoms with Crippen LogP contribution in [0.1, 0.15) is 44.1 Å². The fraction of sp³-hybridized carbons (Fsp3) is 0.500. The zero-order valence-electron chi connectivity index (χ0n) is 12.0. The summed E-state index contributed by atoms with van der Waals surface area (Å²) < 4.78 is 12.8. The third kappa shape index (κ3) is 5.17.